The predicted octanol–water partition coefficient (Wildman–Crippen LogP) is 3.80. The molecule has 1 amide bonds. The predicted molar refractivity (Wildman–Crippen MR) is 88.0 cm³/mol. The summed E-state index contributed by atoms with van der Waals surface area (Å²) in [7, 11) is 0. The third-order valence-corrected chi connectivity index (χ3v) is 5.09. The van der Waals surface area contributed by atoms with Crippen molar-refractivity contribution in [3.05, 3.63) is 18.1 Å². The number of hydrogen-bond donors (Lipinski definition) is 1. The second-order valence-corrected chi connectivity index (χ2v) is 7.04. The van der Waals surface area contributed by atoms with Crippen molar-refractivity contribution >= 4 is 22.8 Å². The van der Waals surface area contributed by atoms with Gasteiger partial charge in [-0.2, -0.15) is 0 Å². The molecule has 1 aliphatic carbocycles. The highest BCUT2D eigenvalue weighted by Gasteiger charge is 2.42. The highest BCUT2D eigenvalue weighted by molar-refractivity contribution is 5.96. The molecule has 1 aliphatic heterocycles. The van der Waals surface area contributed by atoms with Gasteiger partial charge in [0.15, 0.2) is 0 Å². The van der Waals surface area contributed by atoms with Gasteiger partial charge in [-0.1, -0.05) is 33.1 Å². The Hall–Kier alpha value is -1.91. The van der Waals surface area contributed by atoms with E-state index in [-0.39, 0.29) is 12.9 Å². The molecule has 3 heterocycles. The number of carbonyl (C=O) groups excluding carboxylic acids is 1. The summed E-state index contributed by atoms with van der Waals surface area (Å²) in [5.74, 6) is 2.20. The van der Waals surface area contributed by atoms with Crippen molar-refractivity contribution in [1.29, 1.82) is 0 Å². The molecule has 0 atom stereocenters. The molecule has 5 heteroatoms. The zero-order valence-electron chi connectivity index (χ0n) is 13.2. The molecule has 1 N–H and O–H groups in total. The molecule has 118 valence electrons. The lowest BCUT2D eigenvalue weighted by Crippen LogP contribution is -2.44. The van der Waals surface area contributed by atoms with E-state index < -0.39 is 0 Å². The van der Waals surface area contributed by atoms with Gasteiger partial charge in [0.25, 0.3) is 0 Å². The van der Waals surface area contributed by atoms with Crippen LogP contribution in [-0.2, 0) is 10.3 Å². The first-order valence-electron chi connectivity index (χ1n) is 8.28. The summed E-state index contributed by atoms with van der Waals surface area (Å²) in [4.78, 5) is 21.5. The van der Waals surface area contributed by atoms with E-state index in [2.05, 4.69) is 28.7 Å². The molecule has 0 aromatic carbocycles. The fourth-order valence-electron chi connectivity index (χ4n) is 4.03. The molecule has 2 aromatic heterocycles. The molecule has 4 rings (SSSR count). The normalized spacial score (nSPS) is 20.4. The van der Waals surface area contributed by atoms with E-state index in [0.29, 0.717) is 12.3 Å². The third-order valence-electron chi connectivity index (χ3n) is 5.09. The molecule has 2 aromatic rings. The minimum atomic E-state index is -0.0831. The number of rotatable bonds is 1. The van der Waals surface area contributed by atoms with Crippen molar-refractivity contribution < 1.29 is 6.22 Å². The van der Waals surface area contributed by atoms with Crippen molar-refractivity contribution in [1.82, 2.24) is 14.5 Å². The fourth-order valence-corrected chi connectivity index (χ4v) is 4.03. The number of aromatic nitrogens is 3. The van der Waals surface area contributed by atoms with Crippen LogP contribution in [0, 0.1) is 0 Å². The lowest BCUT2D eigenvalue weighted by Gasteiger charge is -2.42. The maximum Gasteiger partial charge on any atom is 0.227 e. The van der Waals surface area contributed by atoms with Gasteiger partial charge in [0, 0.05) is 18.9 Å². The van der Waals surface area contributed by atoms with E-state index in [9.17, 15) is 4.79 Å². The number of nitrogens with zero attached hydrogens (tertiary/aromatic N) is 3. The molecule has 2 aliphatic rings. The van der Waals surface area contributed by atoms with Gasteiger partial charge in [-0.15, -0.1) is 0 Å². The Bertz CT molecular complexity index is 746. The summed E-state index contributed by atoms with van der Waals surface area (Å²) in [5.41, 5.74) is 0.899. The van der Waals surface area contributed by atoms with Crippen molar-refractivity contribution in [2.45, 2.75) is 63.8 Å². The molecule has 0 bridgehead atoms. The number of fused-ring (bicyclic) bond motifs is 4. The Morgan fingerprint density at radius 2 is 2.09 bits per heavy atom. The Balaban J connectivity index is 0.00000156. The van der Waals surface area contributed by atoms with Crippen molar-refractivity contribution in [3.8, 4) is 0 Å². The van der Waals surface area contributed by atoms with Crippen LogP contribution < -0.4 is 5.32 Å². The number of hydrogen-bond acceptors (Lipinski definition) is 3. The Labute approximate surface area is 131 Å². The Kier molecular flexibility index (Phi) is 2.99. The Morgan fingerprint density at radius 1 is 1.32 bits per heavy atom. The highest BCUT2D eigenvalue weighted by Crippen LogP contribution is 2.45. The summed E-state index contributed by atoms with van der Waals surface area (Å²) >= 11 is 0. The smallest absolute Gasteiger partial charge is 0.227 e. The number of nitrogens with one attached hydrogen (secondary N) is 1. The summed E-state index contributed by atoms with van der Waals surface area (Å²) < 4.78 is 2.30. The maximum atomic E-state index is 12.2. The van der Waals surface area contributed by atoms with E-state index in [1.165, 1.54) is 19.3 Å². The first kappa shape index (κ1) is 13.7. The van der Waals surface area contributed by atoms with Crippen molar-refractivity contribution in [3.63, 3.8) is 0 Å². The second-order valence-electron chi connectivity index (χ2n) is 7.04. The fraction of sp³-hybridized carbons (Fsp3) is 0.588. The minimum absolute atomic E-state index is 0. The van der Waals surface area contributed by atoms with Gasteiger partial charge in [-0.25, -0.2) is 9.97 Å². The van der Waals surface area contributed by atoms with Gasteiger partial charge in [0.1, 0.15) is 17.3 Å². The second kappa shape index (κ2) is 4.80. The van der Waals surface area contributed by atoms with Gasteiger partial charge in [0.05, 0.1) is 12.0 Å². The van der Waals surface area contributed by atoms with Gasteiger partial charge < -0.3 is 9.88 Å². The lowest BCUT2D eigenvalue weighted by atomic mass is 9.78. The van der Waals surface area contributed by atoms with E-state index in [0.717, 1.165) is 35.5 Å². The van der Waals surface area contributed by atoms with Crippen LogP contribution in [-0.4, -0.2) is 20.4 Å². The zero-order valence-corrected chi connectivity index (χ0v) is 13.2. The van der Waals surface area contributed by atoms with Gasteiger partial charge in [-0.3, -0.25) is 4.79 Å². The zero-order chi connectivity index (χ0) is 15.3. The molecule has 0 saturated heterocycles. The molecular formula is C17H24N4O. The summed E-state index contributed by atoms with van der Waals surface area (Å²) in [6, 6.07) is 2.02. The first-order valence-corrected chi connectivity index (χ1v) is 8.28. The summed E-state index contributed by atoms with van der Waals surface area (Å²) in [5, 5.41) is 4.05. The Morgan fingerprint density at radius 3 is 2.82 bits per heavy atom. The van der Waals surface area contributed by atoms with Crippen LogP contribution >= 0.6 is 0 Å². The molecule has 0 radical (unpaired) electrons. The largest absolute Gasteiger partial charge is 0.312 e. The summed E-state index contributed by atoms with van der Waals surface area (Å²) in [6.45, 7) is 4.22. The molecule has 22 heavy (non-hydrogen) atoms. The van der Waals surface area contributed by atoms with Gasteiger partial charge in [-0.05, 0) is 18.9 Å². The van der Waals surface area contributed by atoms with Crippen molar-refractivity contribution in [2.24, 2.45) is 0 Å². The van der Waals surface area contributed by atoms with Crippen LogP contribution in [0.25, 0.3) is 11.0 Å². The van der Waals surface area contributed by atoms with Crippen LogP contribution in [0.2, 0.25) is 0 Å². The van der Waals surface area contributed by atoms with Crippen LogP contribution in [0.15, 0.2) is 12.3 Å². The van der Waals surface area contributed by atoms with E-state index >= 15 is 0 Å². The molecule has 5 nitrogen and oxygen atoms in total. The molecule has 1 fully saturated rings. The average molecular weight is 300 g/mol. The first-order chi connectivity index (χ1) is 10.6. The van der Waals surface area contributed by atoms with Crippen LogP contribution in [0.5, 0.6) is 0 Å². The standard InChI is InChI=1S/C17H22N4O.H2/c1-11(2)15-18-10-12-8-13-19-14(22)9-17(6-4-3-5-7-17)21(13)16(12)20-15;/h8,10-11H,3-7,9H2,1-2H3,(H,19,22);1H. The molecule has 0 unspecified atom stereocenters. The number of amides is 1. The minimum Gasteiger partial charge on any atom is -0.312 e. The van der Waals surface area contributed by atoms with Crippen LogP contribution in [0.4, 0.5) is 5.82 Å². The number of carbonyl (C=O) groups is 1. The van der Waals surface area contributed by atoms with E-state index in [4.69, 9.17) is 4.98 Å². The maximum absolute atomic E-state index is 12.2. The summed E-state index contributed by atoms with van der Waals surface area (Å²) in [6.07, 6.45) is 8.25. The quantitative estimate of drug-likeness (QED) is 0.871. The van der Waals surface area contributed by atoms with Crippen molar-refractivity contribution in [2.75, 3.05) is 5.32 Å². The molecule has 1 spiro atoms. The van der Waals surface area contributed by atoms with Crippen LogP contribution in [0.1, 0.15) is 65.5 Å². The molecule has 1 saturated carbocycles. The van der Waals surface area contributed by atoms with E-state index in [1.54, 1.807) is 0 Å². The van der Waals surface area contributed by atoms with Crippen LogP contribution in [0.3, 0.4) is 0 Å². The monoisotopic (exact) mass is 300 g/mol. The highest BCUT2D eigenvalue weighted by atomic mass is 16.1. The van der Waals surface area contributed by atoms with E-state index in [1.807, 2.05) is 12.3 Å². The third kappa shape index (κ3) is 1.95. The van der Waals surface area contributed by atoms with Gasteiger partial charge >= 0.3 is 0 Å². The topological polar surface area (TPSA) is 59.8 Å². The lowest BCUT2D eigenvalue weighted by molar-refractivity contribution is -0.119. The number of anilines is 1. The molecular weight excluding hydrogens is 276 g/mol. The SMILES string of the molecule is CC(C)c1ncc2cc3n(c2n1)C1(CCCCC1)CC(=O)N3.[HH]. The van der Waals surface area contributed by atoms with Gasteiger partial charge in [0.2, 0.25) is 5.91 Å². The average Bonchev–Trinajstić information content (AvgIpc) is 2.85.